The Balaban J connectivity index is 3.12. The van der Waals surface area contributed by atoms with E-state index in [2.05, 4.69) is 20.7 Å². The van der Waals surface area contributed by atoms with Crippen molar-refractivity contribution in [1.29, 1.82) is 0 Å². The van der Waals surface area contributed by atoms with E-state index in [0.29, 0.717) is 4.47 Å². The smallest absolute Gasteiger partial charge is 0.232 e. The van der Waals surface area contributed by atoms with Gasteiger partial charge in [0, 0.05) is 4.47 Å². The second-order valence-corrected chi connectivity index (χ2v) is 5.72. The fourth-order valence-corrected chi connectivity index (χ4v) is 2.08. The zero-order valence-corrected chi connectivity index (χ0v) is 10.3. The standard InChI is InChI=1S/C8H10BrFN2O2S/c1-2-15(13,14)12-8-4-7(11)6(10)3-5(8)9/h3-4,12H,2,11H2,1H3. The van der Waals surface area contributed by atoms with E-state index < -0.39 is 15.8 Å². The van der Waals surface area contributed by atoms with Crippen LogP contribution in [0.5, 0.6) is 0 Å². The lowest BCUT2D eigenvalue weighted by Gasteiger charge is -2.09. The summed E-state index contributed by atoms with van der Waals surface area (Å²) >= 11 is 3.04. The van der Waals surface area contributed by atoms with Gasteiger partial charge >= 0.3 is 0 Å². The molecular formula is C8H10BrFN2O2S. The maximum absolute atomic E-state index is 12.9. The summed E-state index contributed by atoms with van der Waals surface area (Å²) in [4.78, 5) is 0. The minimum Gasteiger partial charge on any atom is -0.396 e. The number of halogens is 2. The molecule has 3 N–H and O–H groups in total. The van der Waals surface area contributed by atoms with Gasteiger partial charge in [-0.15, -0.1) is 0 Å². The molecule has 0 aromatic heterocycles. The molecule has 0 saturated heterocycles. The number of benzene rings is 1. The quantitative estimate of drug-likeness (QED) is 0.837. The van der Waals surface area contributed by atoms with Gasteiger partial charge in [-0.1, -0.05) is 0 Å². The molecule has 84 valence electrons. The molecule has 0 radical (unpaired) electrons. The number of nitrogens with two attached hydrogens (primary N) is 1. The molecule has 7 heteroatoms. The normalized spacial score (nSPS) is 11.4. The third-order valence-corrected chi connectivity index (χ3v) is 3.68. The number of sulfonamides is 1. The van der Waals surface area contributed by atoms with Crippen LogP contribution < -0.4 is 10.5 Å². The Bertz CT molecular complexity index is 476. The first-order valence-electron chi connectivity index (χ1n) is 4.10. The second kappa shape index (κ2) is 4.36. The third kappa shape index (κ3) is 3.07. The molecule has 0 unspecified atom stereocenters. The molecule has 0 spiro atoms. The highest BCUT2D eigenvalue weighted by atomic mass is 79.9. The van der Waals surface area contributed by atoms with Crippen molar-refractivity contribution in [2.75, 3.05) is 16.2 Å². The van der Waals surface area contributed by atoms with Crippen molar-refractivity contribution in [3.63, 3.8) is 0 Å². The molecule has 0 bridgehead atoms. The zero-order chi connectivity index (χ0) is 11.6. The molecule has 1 aromatic carbocycles. The van der Waals surface area contributed by atoms with E-state index in [-0.39, 0.29) is 17.1 Å². The summed E-state index contributed by atoms with van der Waals surface area (Å²) in [7, 11) is -3.38. The second-order valence-electron chi connectivity index (χ2n) is 2.86. The van der Waals surface area contributed by atoms with Crippen molar-refractivity contribution in [3.8, 4) is 0 Å². The molecule has 15 heavy (non-hydrogen) atoms. The van der Waals surface area contributed by atoms with Crippen LogP contribution in [-0.2, 0) is 10.0 Å². The van der Waals surface area contributed by atoms with Gasteiger partial charge < -0.3 is 5.73 Å². The molecule has 0 amide bonds. The maximum atomic E-state index is 12.9. The largest absolute Gasteiger partial charge is 0.396 e. The highest BCUT2D eigenvalue weighted by Crippen LogP contribution is 2.27. The van der Waals surface area contributed by atoms with E-state index in [1.807, 2.05) is 0 Å². The molecule has 1 aromatic rings. The highest BCUT2D eigenvalue weighted by molar-refractivity contribution is 9.10. The van der Waals surface area contributed by atoms with Crippen LogP contribution in [0.25, 0.3) is 0 Å². The topological polar surface area (TPSA) is 72.2 Å². The number of hydrogen-bond acceptors (Lipinski definition) is 3. The first-order valence-corrected chi connectivity index (χ1v) is 6.55. The highest BCUT2D eigenvalue weighted by Gasteiger charge is 2.11. The van der Waals surface area contributed by atoms with Crippen LogP contribution >= 0.6 is 15.9 Å². The van der Waals surface area contributed by atoms with Crippen molar-refractivity contribution in [1.82, 2.24) is 0 Å². The van der Waals surface area contributed by atoms with Gasteiger partial charge in [-0.2, -0.15) is 0 Å². The molecule has 0 aliphatic heterocycles. The van der Waals surface area contributed by atoms with E-state index in [1.54, 1.807) is 0 Å². The van der Waals surface area contributed by atoms with Crippen LogP contribution in [0.15, 0.2) is 16.6 Å². The molecule has 0 saturated carbocycles. The minimum atomic E-state index is -3.38. The summed E-state index contributed by atoms with van der Waals surface area (Å²) in [5.41, 5.74) is 5.45. The van der Waals surface area contributed by atoms with Gasteiger partial charge in [-0.3, -0.25) is 4.72 Å². The summed E-state index contributed by atoms with van der Waals surface area (Å²) in [6.45, 7) is 1.50. The van der Waals surface area contributed by atoms with Gasteiger partial charge in [0.1, 0.15) is 5.82 Å². The first-order chi connectivity index (χ1) is 6.85. The molecule has 0 heterocycles. The zero-order valence-electron chi connectivity index (χ0n) is 7.92. The molecular weight excluding hydrogens is 287 g/mol. The molecule has 1 rings (SSSR count). The van der Waals surface area contributed by atoms with E-state index >= 15 is 0 Å². The Morgan fingerprint density at radius 1 is 1.53 bits per heavy atom. The number of hydrogen-bond donors (Lipinski definition) is 2. The van der Waals surface area contributed by atoms with Crippen molar-refractivity contribution in [2.24, 2.45) is 0 Å². The molecule has 0 fully saturated rings. The summed E-state index contributed by atoms with van der Waals surface area (Å²) < 4.78 is 38.0. The van der Waals surface area contributed by atoms with Gasteiger partial charge in [-0.05, 0) is 35.0 Å². The average molecular weight is 297 g/mol. The van der Waals surface area contributed by atoms with E-state index in [9.17, 15) is 12.8 Å². The number of nitrogen functional groups attached to an aromatic ring is 1. The Kier molecular flexibility index (Phi) is 3.56. The van der Waals surface area contributed by atoms with Crippen LogP contribution in [0.3, 0.4) is 0 Å². The third-order valence-electron chi connectivity index (χ3n) is 1.73. The SMILES string of the molecule is CCS(=O)(=O)Nc1cc(N)c(F)cc1Br. The van der Waals surface area contributed by atoms with Crippen molar-refractivity contribution >= 4 is 37.3 Å². The van der Waals surface area contributed by atoms with E-state index in [0.717, 1.165) is 6.07 Å². The van der Waals surface area contributed by atoms with Crippen LogP contribution in [0, 0.1) is 5.82 Å². The minimum absolute atomic E-state index is 0.0588. The lowest BCUT2D eigenvalue weighted by atomic mass is 10.3. The monoisotopic (exact) mass is 296 g/mol. The molecule has 4 nitrogen and oxygen atoms in total. The fourth-order valence-electron chi connectivity index (χ4n) is 0.884. The fraction of sp³-hybridized carbons (Fsp3) is 0.250. The lowest BCUT2D eigenvalue weighted by molar-refractivity contribution is 0.602. The van der Waals surface area contributed by atoms with E-state index in [4.69, 9.17) is 5.73 Å². The Morgan fingerprint density at radius 3 is 2.67 bits per heavy atom. The van der Waals surface area contributed by atoms with Crippen LogP contribution in [0.4, 0.5) is 15.8 Å². The van der Waals surface area contributed by atoms with Crippen LogP contribution in [0.1, 0.15) is 6.92 Å². The van der Waals surface area contributed by atoms with Gasteiger partial charge in [-0.25, -0.2) is 12.8 Å². The predicted molar refractivity (Wildman–Crippen MR) is 61.6 cm³/mol. The number of rotatable bonds is 3. The number of nitrogens with one attached hydrogen (secondary N) is 1. The Morgan fingerprint density at radius 2 is 2.13 bits per heavy atom. The molecule has 0 aliphatic rings. The first kappa shape index (κ1) is 12.3. The van der Waals surface area contributed by atoms with Crippen molar-refractivity contribution in [2.45, 2.75) is 6.92 Å². The summed E-state index contributed by atoms with van der Waals surface area (Å²) in [6, 6.07) is 2.34. The lowest BCUT2D eigenvalue weighted by Crippen LogP contribution is -2.15. The van der Waals surface area contributed by atoms with Gasteiger partial charge in [0.05, 0.1) is 17.1 Å². The van der Waals surface area contributed by atoms with Gasteiger partial charge in [0.15, 0.2) is 0 Å². The maximum Gasteiger partial charge on any atom is 0.232 e. The van der Waals surface area contributed by atoms with Gasteiger partial charge in [0.2, 0.25) is 10.0 Å². The average Bonchev–Trinajstić information content (AvgIpc) is 2.14. The van der Waals surface area contributed by atoms with Gasteiger partial charge in [0.25, 0.3) is 0 Å². The Labute approximate surface area is 95.8 Å². The number of anilines is 2. The summed E-state index contributed by atoms with van der Waals surface area (Å²) in [5, 5.41) is 0. The van der Waals surface area contributed by atoms with E-state index in [1.165, 1.54) is 13.0 Å². The van der Waals surface area contributed by atoms with Crippen LogP contribution in [0.2, 0.25) is 0 Å². The van der Waals surface area contributed by atoms with Crippen LogP contribution in [-0.4, -0.2) is 14.2 Å². The predicted octanol–water partition coefficient (Wildman–Crippen LogP) is 1.93. The van der Waals surface area contributed by atoms with Crippen molar-refractivity contribution in [3.05, 3.63) is 22.4 Å². The van der Waals surface area contributed by atoms with Crippen molar-refractivity contribution < 1.29 is 12.8 Å². The molecule has 0 aliphatic carbocycles. The Hall–Kier alpha value is -0.820. The summed E-state index contributed by atoms with van der Waals surface area (Å²) in [5.74, 6) is -0.655. The summed E-state index contributed by atoms with van der Waals surface area (Å²) in [6.07, 6.45) is 0. The molecule has 0 atom stereocenters.